The number of aliphatic hydroxyl groups is 1. The Kier molecular flexibility index (Phi) is 5.40. The van der Waals surface area contributed by atoms with Crippen molar-refractivity contribution in [3.8, 4) is 0 Å². The molecule has 1 heterocycles. The Hall–Kier alpha value is 0.0600. The minimum absolute atomic E-state index is 0.598. The van der Waals surface area contributed by atoms with E-state index in [0.29, 0.717) is 13.1 Å². The maximum absolute atomic E-state index is 10.1. The second kappa shape index (κ2) is 6.12. The first-order chi connectivity index (χ1) is 7.39. The van der Waals surface area contributed by atoms with Crippen molar-refractivity contribution in [2.24, 2.45) is 0 Å². The van der Waals surface area contributed by atoms with Crippen LogP contribution in [0.25, 0.3) is 0 Å². The Morgan fingerprint density at radius 2 is 2.19 bits per heavy atom. The van der Waals surface area contributed by atoms with Crippen LogP contribution in [0.3, 0.4) is 0 Å². The number of halogens is 1. The van der Waals surface area contributed by atoms with Gasteiger partial charge in [0.1, 0.15) is 0 Å². The number of likely N-dealkylation sites (N-methyl/N-ethyl adjacent to an activating group) is 1. The topological polar surface area (TPSA) is 35.5 Å². The molecular weight excluding hydrogens is 288 g/mol. The molecule has 0 aromatic carbocycles. The van der Waals surface area contributed by atoms with Gasteiger partial charge in [0.05, 0.1) is 9.39 Å². The summed E-state index contributed by atoms with van der Waals surface area (Å²) in [7, 11) is 3.93. The molecule has 0 aliphatic carbocycles. The van der Waals surface area contributed by atoms with Crippen LogP contribution in [0.15, 0.2) is 15.9 Å². The van der Waals surface area contributed by atoms with E-state index in [1.165, 1.54) is 4.88 Å². The first-order valence-corrected chi connectivity index (χ1v) is 6.82. The average molecular weight is 307 g/mol. The van der Waals surface area contributed by atoms with Gasteiger partial charge in [0.2, 0.25) is 0 Å². The fraction of sp³-hybridized carbons (Fsp3) is 0.636. The lowest BCUT2D eigenvalue weighted by molar-refractivity contribution is 0.0336. The minimum atomic E-state index is -0.683. The van der Waals surface area contributed by atoms with E-state index in [-0.39, 0.29) is 0 Å². The lowest BCUT2D eigenvalue weighted by Gasteiger charge is -2.27. The third-order valence-corrected chi connectivity index (χ3v) is 3.71. The zero-order valence-corrected chi connectivity index (χ0v) is 12.4. The zero-order chi connectivity index (χ0) is 12.2. The molecule has 0 amide bonds. The van der Waals surface area contributed by atoms with E-state index in [4.69, 9.17) is 0 Å². The quantitative estimate of drug-likeness (QED) is 0.843. The molecule has 0 spiro atoms. The smallest absolute Gasteiger partial charge is 0.0869 e. The van der Waals surface area contributed by atoms with Crippen molar-refractivity contribution in [1.82, 2.24) is 10.2 Å². The molecule has 0 radical (unpaired) electrons. The summed E-state index contributed by atoms with van der Waals surface area (Å²) in [5.41, 5.74) is -0.683. The summed E-state index contributed by atoms with van der Waals surface area (Å²) in [6, 6.07) is 4.13. The lowest BCUT2D eigenvalue weighted by Crippen LogP contribution is -2.45. The Balaban J connectivity index is 2.29. The van der Waals surface area contributed by atoms with Crippen LogP contribution < -0.4 is 5.32 Å². The summed E-state index contributed by atoms with van der Waals surface area (Å²) in [6.07, 6.45) is 0. The number of nitrogens with zero attached hydrogens (tertiary/aromatic N) is 1. The Morgan fingerprint density at radius 1 is 1.50 bits per heavy atom. The van der Waals surface area contributed by atoms with Crippen molar-refractivity contribution >= 4 is 27.3 Å². The third-order valence-electron chi connectivity index (χ3n) is 2.09. The largest absolute Gasteiger partial charge is 0.388 e. The van der Waals surface area contributed by atoms with Crippen LogP contribution in [-0.2, 0) is 6.54 Å². The molecule has 92 valence electrons. The fourth-order valence-corrected chi connectivity index (χ4v) is 3.09. The molecule has 1 atom stereocenters. The van der Waals surface area contributed by atoms with E-state index in [9.17, 15) is 5.11 Å². The molecule has 0 bridgehead atoms. The van der Waals surface area contributed by atoms with Gasteiger partial charge >= 0.3 is 0 Å². The summed E-state index contributed by atoms with van der Waals surface area (Å²) >= 11 is 5.15. The Bertz CT molecular complexity index is 326. The van der Waals surface area contributed by atoms with E-state index < -0.39 is 5.60 Å². The van der Waals surface area contributed by atoms with E-state index in [2.05, 4.69) is 27.3 Å². The van der Waals surface area contributed by atoms with Crippen LogP contribution in [0.5, 0.6) is 0 Å². The van der Waals surface area contributed by atoms with E-state index in [1.807, 2.05) is 32.0 Å². The molecule has 0 saturated heterocycles. The molecule has 0 aliphatic heterocycles. The van der Waals surface area contributed by atoms with E-state index >= 15 is 0 Å². The number of hydrogen-bond donors (Lipinski definition) is 2. The SMILES string of the molecule is CN(C)CC(C)(O)CNCc1ccc(Br)s1. The molecule has 1 aromatic heterocycles. The van der Waals surface area contributed by atoms with Crippen molar-refractivity contribution in [3.63, 3.8) is 0 Å². The van der Waals surface area contributed by atoms with Gasteiger partial charge in [-0.05, 0) is 49.1 Å². The Labute approximate surface area is 110 Å². The molecule has 1 aromatic rings. The zero-order valence-electron chi connectivity index (χ0n) is 9.96. The standard InChI is InChI=1S/C11H19BrN2OS/c1-11(15,8-14(2)3)7-13-6-9-4-5-10(12)16-9/h4-5,13,15H,6-8H2,1-3H3. The molecule has 0 saturated carbocycles. The first-order valence-electron chi connectivity index (χ1n) is 5.21. The number of rotatable bonds is 6. The predicted octanol–water partition coefficient (Wildman–Crippen LogP) is 1.91. The Morgan fingerprint density at radius 3 is 2.69 bits per heavy atom. The highest BCUT2D eigenvalue weighted by Gasteiger charge is 2.20. The number of hydrogen-bond acceptors (Lipinski definition) is 4. The highest BCUT2D eigenvalue weighted by Crippen LogP contribution is 2.21. The van der Waals surface area contributed by atoms with Crippen LogP contribution in [0.2, 0.25) is 0 Å². The highest BCUT2D eigenvalue weighted by molar-refractivity contribution is 9.11. The van der Waals surface area contributed by atoms with Gasteiger partial charge in [0, 0.05) is 24.5 Å². The van der Waals surface area contributed by atoms with Gasteiger partial charge in [0.15, 0.2) is 0 Å². The van der Waals surface area contributed by atoms with Crippen molar-refractivity contribution in [2.45, 2.75) is 19.1 Å². The van der Waals surface area contributed by atoms with E-state index in [1.54, 1.807) is 11.3 Å². The van der Waals surface area contributed by atoms with Gasteiger partial charge in [-0.25, -0.2) is 0 Å². The second-order valence-electron chi connectivity index (χ2n) is 4.54. The van der Waals surface area contributed by atoms with Crippen LogP contribution >= 0.6 is 27.3 Å². The van der Waals surface area contributed by atoms with Gasteiger partial charge in [-0.1, -0.05) is 0 Å². The fourth-order valence-electron chi connectivity index (χ4n) is 1.64. The van der Waals surface area contributed by atoms with Crippen molar-refractivity contribution < 1.29 is 5.11 Å². The molecule has 3 nitrogen and oxygen atoms in total. The number of thiophene rings is 1. The third kappa shape index (κ3) is 5.41. The maximum atomic E-state index is 10.1. The molecule has 0 aliphatic rings. The molecule has 0 fully saturated rings. The summed E-state index contributed by atoms with van der Waals surface area (Å²) in [5.74, 6) is 0. The predicted molar refractivity (Wildman–Crippen MR) is 72.9 cm³/mol. The van der Waals surface area contributed by atoms with Gasteiger partial charge in [-0.3, -0.25) is 0 Å². The van der Waals surface area contributed by atoms with Crippen molar-refractivity contribution in [3.05, 3.63) is 20.8 Å². The highest BCUT2D eigenvalue weighted by atomic mass is 79.9. The van der Waals surface area contributed by atoms with Gasteiger partial charge < -0.3 is 15.3 Å². The van der Waals surface area contributed by atoms with Crippen LogP contribution in [-0.4, -0.2) is 42.8 Å². The molecule has 2 N–H and O–H groups in total. The summed E-state index contributed by atoms with van der Waals surface area (Å²) in [6.45, 7) is 3.92. The normalized spacial score (nSPS) is 15.4. The van der Waals surface area contributed by atoms with Crippen LogP contribution in [0.1, 0.15) is 11.8 Å². The summed E-state index contributed by atoms with van der Waals surface area (Å²) in [5, 5.41) is 13.3. The maximum Gasteiger partial charge on any atom is 0.0869 e. The van der Waals surface area contributed by atoms with Crippen molar-refractivity contribution in [2.75, 3.05) is 27.2 Å². The first kappa shape index (κ1) is 14.1. The van der Waals surface area contributed by atoms with Crippen LogP contribution in [0, 0.1) is 0 Å². The minimum Gasteiger partial charge on any atom is -0.388 e. The average Bonchev–Trinajstić information content (AvgIpc) is 2.48. The molecule has 5 heteroatoms. The van der Waals surface area contributed by atoms with Crippen LogP contribution in [0.4, 0.5) is 0 Å². The molecule has 1 unspecified atom stereocenters. The monoisotopic (exact) mass is 306 g/mol. The van der Waals surface area contributed by atoms with Gasteiger partial charge in [0.25, 0.3) is 0 Å². The van der Waals surface area contributed by atoms with Gasteiger partial charge in [-0.15, -0.1) is 11.3 Å². The van der Waals surface area contributed by atoms with Gasteiger partial charge in [-0.2, -0.15) is 0 Å². The number of nitrogens with one attached hydrogen (secondary N) is 1. The molecule has 16 heavy (non-hydrogen) atoms. The van der Waals surface area contributed by atoms with E-state index in [0.717, 1.165) is 10.3 Å². The second-order valence-corrected chi connectivity index (χ2v) is 7.09. The molecule has 1 rings (SSSR count). The molecular formula is C11H19BrN2OS. The lowest BCUT2D eigenvalue weighted by atomic mass is 10.1. The summed E-state index contributed by atoms with van der Waals surface area (Å²) in [4.78, 5) is 3.26. The van der Waals surface area contributed by atoms with Crippen molar-refractivity contribution in [1.29, 1.82) is 0 Å². The summed E-state index contributed by atoms with van der Waals surface area (Å²) < 4.78 is 1.14.